The van der Waals surface area contributed by atoms with E-state index in [-0.39, 0.29) is 35.6 Å². The number of rotatable bonds is 3. The molecule has 7 nitrogen and oxygen atoms in total. The van der Waals surface area contributed by atoms with Gasteiger partial charge in [0.25, 0.3) is 5.91 Å². The van der Waals surface area contributed by atoms with Gasteiger partial charge in [-0.1, -0.05) is 12.1 Å². The van der Waals surface area contributed by atoms with E-state index in [1.807, 2.05) is 0 Å². The lowest BCUT2D eigenvalue weighted by Crippen LogP contribution is -2.52. The zero-order valence-electron chi connectivity index (χ0n) is 10.5. The van der Waals surface area contributed by atoms with Crippen LogP contribution in [0.4, 0.5) is 5.69 Å². The van der Waals surface area contributed by atoms with Crippen LogP contribution in [0, 0.1) is 0 Å². The summed E-state index contributed by atoms with van der Waals surface area (Å²) in [5.74, 6) is -1.54. The molecule has 1 heterocycles. The molecule has 0 bridgehead atoms. The summed E-state index contributed by atoms with van der Waals surface area (Å²) in [6, 6.07) is 3.70. The number of amides is 3. The molecule has 1 aliphatic heterocycles. The van der Waals surface area contributed by atoms with Crippen molar-refractivity contribution in [2.24, 2.45) is 0 Å². The first-order chi connectivity index (χ1) is 9.52. The summed E-state index contributed by atoms with van der Waals surface area (Å²) in [6.07, 6.45) is 0.900. The molecule has 0 aromatic heterocycles. The monoisotopic (exact) mass is 275 g/mol. The molecule has 1 aromatic rings. The number of nitrogens with one attached hydrogen (secondary N) is 2. The topological polar surface area (TPSA) is 118 Å². The van der Waals surface area contributed by atoms with E-state index >= 15 is 0 Å². The maximum absolute atomic E-state index is 12.1. The maximum atomic E-state index is 12.1. The second-order valence-corrected chi connectivity index (χ2v) is 4.41. The molecule has 0 spiro atoms. The van der Waals surface area contributed by atoms with Gasteiger partial charge in [-0.3, -0.25) is 24.5 Å². The predicted molar refractivity (Wildman–Crippen MR) is 69.9 cm³/mol. The zero-order chi connectivity index (χ0) is 14.7. The SMILES string of the molecule is Nc1cccc(C=O)c1C(=O)NC1CCC(=O)NC1=O. The molecule has 1 aliphatic rings. The van der Waals surface area contributed by atoms with E-state index in [0.717, 1.165) is 0 Å². The van der Waals surface area contributed by atoms with Crippen LogP contribution in [-0.2, 0) is 9.59 Å². The number of carbonyl (C=O) groups is 4. The second-order valence-electron chi connectivity index (χ2n) is 4.41. The summed E-state index contributed by atoms with van der Waals surface area (Å²) in [5, 5.41) is 4.61. The average Bonchev–Trinajstić information content (AvgIpc) is 2.41. The van der Waals surface area contributed by atoms with E-state index in [9.17, 15) is 19.2 Å². The van der Waals surface area contributed by atoms with Gasteiger partial charge in [0.05, 0.1) is 5.56 Å². The molecule has 1 unspecified atom stereocenters. The Hall–Kier alpha value is -2.70. The van der Waals surface area contributed by atoms with E-state index in [2.05, 4.69) is 10.6 Å². The van der Waals surface area contributed by atoms with Crippen LogP contribution >= 0.6 is 0 Å². The van der Waals surface area contributed by atoms with Gasteiger partial charge in [-0.15, -0.1) is 0 Å². The Labute approximate surface area is 114 Å². The Kier molecular flexibility index (Phi) is 3.79. The Morgan fingerprint density at radius 2 is 2.15 bits per heavy atom. The van der Waals surface area contributed by atoms with Crippen LogP contribution in [0.15, 0.2) is 18.2 Å². The molecular weight excluding hydrogens is 262 g/mol. The number of hydrogen-bond donors (Lipinski definition) is 3. The smallest absolute Gasteiger partial charge is 0.254 e. The van der Waals surface area contributed by atoms with Crippen molar-refractivity contribution in [1.29, 1.82) is 0 Å². The Morgan fingerprint density at radius 1 is 1.40 bits per heavy atom. The van der Waals surface area contributed by atoms with Gasteiger partial charge in [0.2, 0.25) is 11.8 Å². The zero-order valence-corrected chi connectivity index (χ0v) is 10.5. The molecule has 1 aromatic carbocycles. The first kappa shape index (κ1) is 13.7. The van der Waals surface area contributed by atoms with Crippen molar-refractivity contribution in [3.8, 4) is 0 Å². The van der Waals surface area contributed by atoms with Gasteiger partial charge >= 0.3 is 0 Å². The quantitative estimate of drug-likeness (QED) is 0.394. The van der Waals surface area contributed by atoms with E-state index in [1.165, 1.54) is 12.1 Å². The van der Waals surface area contributed by atoms with Gasteiger partial charge in [0.15, 0.2) is 6.29 Å². The standard InChI is InChI=1S/C13H13N3O4/c14-8-3-1-2-7(6-17)11(8)13(20)15-9-4-5-10(18)16-12(9)19/h1-3,6,9H,4-5,14H2,(H,15,20)(H,16,18,19). The van der Waals surface area contributed by atoms with Gasteiger partial charge in [-0.05, 0) is 12.5 Å². The summed E-state index contributed by atoms with van der Waals surface area (Å²) in [6.45, 7) is 0. The minimum Gasteiger partial charge on any atom is -0.398 e. The van der Waals surface area contributed by atoms with Gasteiger partial charge in [-0.25, -0.2) is 0 Å². The highest BCUT2D eigenvalue weighted by molar-refractivity contribution is 6.08. The Balaban J connectivity index is 2.19. The molecule has 0 radical (unpaired) electrons. The van der Waals surface area contributed by atoms with Crippen LogP contribution in [0.1, 0.15) is 33.6 Å². The van der Waals surface area contributed by atoms with E-state index in [0.29, 0.717) is 6.29 Å². The van der Waals surface area contributed by atoms with Crippen LogP contribution in [-0.4, -0.2) is 30.0 Å². The summed E-state index contributed by atoms with van der Waals surface area (Å²) >= 11 is 0. The number of nitrogens with two attached hydrogens (primary N) is 1. The first-order valence-electron chi connectivity index (χ1n) is 6.01. The summed E-state index contributed by atoms with van der Waals surface area (Å²) in [7, 11) is 0. The fourth-order valence-electron chi connectivity index (χ4n) is 2.01. The lowest BCUT2D eigenvalue weighted by Gasteiger charge is -2.22. The molecule has 20 heavy (non-hydrogen) atoms. The molecule has 0 saturated carbocycles. The average molecular weight is 275 g/mol. The summed E-state index contributed by atoms with van der Waals surface area (Å²) < 4.78 is 0. The number of nitrogen functional groups attached to an aromatic ring is 1. The van der Waals surface area contributed by atoms with Crippen LogP contribution in [0.2, 0.25) is 0 Å². The van der Waals surface area contributed by atoms with Crippen molar-refractivity contribution >= 4 is 29.7 Å². The molecule has 1 saturated heterocycles. The molecule has 7 heteroatoms. The van der Waals surface area contributed by atoms with Crippen molar-refractivity contribution in [3.05, 3.63) is 29.3 Å². The molecule has 4 N–H and O–H groups in total. The summed E-state index contributed by atoms with van der Waals surface area (Å²) in [5.41, 5.74) is 6.02. The maximum Gasteiger partial charge on any atom is 0.254 e. The molecule has 0 aliphatic carbocycles. The third-order valence-electron chi connectivity index (χ3n) is 3.03. The second kappa shape index (κ2) is 5.52. The molecule has 2 rings (SSSR count). The van der Waals surface area contributed by atoms with Crippen molar-refractivity contribution < 1.29 is 19.2 Å². The van der Waals surface area contributed by atoms with Crippen molar-refractivity contribution in [2.45, 2.75) is 18.9 Å². The number of piperidine rings is 1. The number of imide groups is 1. The normalized spacial score (nSPS) is 18.3. The lowest BCUT2D eigenvalue weighted by molar-refractivity contribution is -0.134. The van der Waals surface area contributed by atoms with Crippen molar-refractivity contribution in [3.63, 3.8) is 0 Å². The lowest BCUT2D eigenvalue weighted by atomic mass is 10.0. The number of hydrogen-bond acceptors (Lipinski definition) is 5. The Morgan fingerprint density at radius 3 is 2.80 bits per heavy atom. The van der Waals surface area contributed by atoms with Crippen LogP contribution in [0.3, 0.4) is 0 Å². The number of carbonyl (C=O) groups excluding carboxylic acids is 4. The van der Waals surface area contributed by atoms with Gasteiger partial charge in [0, 0.05) is 17.7 Å². The fourth-order valence-corrected chi connectivity index (χ4v) is 2.01. The van der Waals surface area contributed by atoms with Gasteiger partial charge in [-0.2, -0.15) is 0 Å². The highest BCUT2D eigenvalue weighted by Gasteiger charge is 2.29. The van der Waals surface area contributed by atoms with Gasteiger partial charge in [0.1, 0.15) is 6.04 Å². The molecule has 104 valence electrons. The number of aldehydes is 1. The first-order valence-corrected chi connectivity index (χ1v) is 6.01. The van der Waals surface area contributed by atoms with Crippen molar-refractivity contribution in [2.75, 3.05) is 5.73 Å². The predicted octanol–water partition coefficient (Wildman–Crippen LogP) is -0.384. The van der Waals surface area contributed by atoms with Gasteiger partial charge < -0.3 is 11.1 Å². The third kappa shape index (κ3) is 2.66. The summed E-state index contributed by atoms with van der Waals surface area (Å²) in [4.78, 5) is 45.6. The van der Waals surface area contributed by atoms with Crippen LogP contribution in [0.5, 0.6) is 0 Å². The number of anilines is 1. The Bertz CT molecular complexity index is 597. The highest BCUT2D eigenvalue weighted by Crippen LogP contribution is 2.16. The minimum absolute atomic E-state index is 0.0344. The minimum atomic E-state index is -0.806. The molecule has 1 atom stereocenters. The fraction of sp³-hybridized carbons (Fsp3) is 0.231. The van der Waals surface area contributed by atoms with Crippen LogP contribution in [0.25, 0.3) is 0 Å². The number of benzene rings is 1. The molecule has 1 fully saturated rings. The highest BCUT2D eigenvalue weighted by atomic mass is 16.2. The van der Waals surface area contributed by atoms with E-state index in [4.69, 9.17) is 5.73 Å². The van der Waals surface area contributed by atoms with Crippen molar-refractivity contribution in [1.82, 2.24) is 10.6 Å². The molecular formula is C13H13N3O4. The van der Waals surface area contributed by atoms with Crippen LogP contribution < -0.4 is 16.4 Å². The largest absolute Gasteiger partial charge is 0.398 e. The third-order valence-corrected chi connectivity index (χ3v) is 3.03. The van der Waals surface area contributed by atoms with E-state index in [1.54, 1.807) is 6.07 Å². The van der Waals surface area contributed by atoms with E-state index < -0.39 is 17.9 Å². The molecule has 3 amide bonds.